The highest BCUT2D eigenvalue weighted by molar-refractivity contribution is 5.81. The van der Waals surface area contributed by atoms with Crippen molar-refractivity contribution in [3.63, 3.8) is 0 Å². The van der Waals surface area contributed by atoms with E-state index in [9.17, 15) is 14.3 Å². The van der Waals surface area contributed by atoms with Crippen LogP contribution in [-0.2, 0) is 18.2 Å². The van der Waals surface area contributed by atoms with Gasteiger partial charge in [0.05, 0.1) is 39.8 Å². The zero-order chi connectivity index (χ0) is 31.0. The summed E-state index contributed by atoms with van der Waals surface area (Å²) in [6, 6.07) is 6.23. The van der Waals surface area contributed by atoms with Gasteiger partial charge >= 0.3 is 5.69 Å². The quantitative estimate of drug-likeness (QED) is 0.300. The van der Waals surface area contributed by atoms with Crippen molar-refractivity contribution in [1.29, 1.82) is 0 Å². The SMILES string of the molecule is Cc1cc(-n2nc3c(c2-n2ccn(-c4ccc5c(cnn5C)c4F)c2=O)[C@H](C)N(C(O)OC(C)(C)C)CC3)cc(C)c1F. The Bertz CT molecular complexity index is 1900. The number of aromatic nitrogens is 6. The number of nitrogens with zero attached hydrogens (tertiary/aromatic N) is 7. The zero-order valence-corrected chi connectivity index (χ0v) is 25.3. The molecule has 0 bridgehead atoms. The molecular formula is C31H35F2N7O3. The van der Waals surface area contributed by atoms with E-state index in [0.29, 0.717) is 52.1 Å². The molecule has 0 amide bonds. The highest BCUT2D eigenvalue weighted by atomic mass is 19.1. The van der Waals surface area contributed by atoms with Gasteiger partial charge in [-0.2, -0.15) is 10.2 Å². The van der Waals surface area contributed by atoms with Crippen LogP contribution in [-0.4, -0.2) is 57.3 Å². The molecule has 0 saturated carbocycles. The first kappa shape index (κ1) is 29.0. The molecule has 0 radical (unpaired) electrons. The maximum absolute atomic E-state index is 15.7. The molecule has 43 heavy (non-hydrogen) atoms. The Balaban J connectivity index is 1.55. The predicted octanol–water partition coefficient (Wildman–Crippen LogP) is 4.61. The third-order valence-corrected chi connectivity index (χ3v) is 8.01. The Morgan fingerprint density at radius 1 is 1.07 bits per heavy atom. The van der Waals surface area contributed by atoms with E-state index >= 15 is 4.39 Å². The van der Waals surface area contributed by atoms with Crippen LogP contribution >= 0.6 is 0 Å². The fraction of sp³-hybridized carbons (Fsp3) is 0.387. The summed E-state index contributed by atoms with van der Waals surface area (Å²) in [7, 11) is 1.72. The van der Waals surface area contributed by atoms with E-state index in [0.717, 1.165) is 5.69 Å². The lowest BCUT2D eigenvalue weighted by Crippen LogP contribution is -2.46. The van der Waals surface area contributed by atoms with Gasteiger partial charge in [-0.1, -0.05) is 0 Å². The molecule has 1 N–H and O–H groups in total. The van der Waals surface area contributed by atoms with E-state index in [1.54, 1.807) is 60.7 Å². The molecule has 6 rings (SSSR count). The molecule has 1 aliphatic heterocycles. The summed E-state index contributed by atoms with van der Waals surface area (Å²) in [6.45, 7) is 11.3. The topological polar surface area (TPSA) is 95.3 Å². The van der Waals surface area contributed by atoms with Crippen LogP contribution in [0.1, 0.15) is 56.1 Å². The summed E-state index contributed by atoms with van der Waals surface area (Å²) in [4.78, 5) is 15.9. The average molecular weight is 592 g/mol. The first-order chi connectivity index (χ1) is 20.3. The van der Waals surface area contributed by atoms with Crippen molar-refractivity contribution in [2.45, 2.75) is 66.0 Å². The van der Waals surface area contributed by atoms with Gasteiger partial charge < -0.3 is 9.84 Å². The minimum absolute atomic E-state index is 0.0846. The number of halogens is 2. The van der Waals surface area contributed by atoms with Crippen LogP contribution in [0.4, 0.5) is 8.78 Å². The highest BCUT2D eigenvalue weighted by Gasteiger charge is 2.37. The summed E-state index contributed by atoms with van der Waals surface area (Å²) in [5, 5.41) is 20.4. The van der Waals surface area contributed by atoms with Crippen molar-refractivity contribution in [2.75, 3.05) is 6.54 Å². The molecule has 12 heteroatoms. The van der Waals surface area contributed by atoms with Crippen LogP contribution in [0.15, 0.2) is 47.7 Å². The van der Waals surface area contributed by atoms with E-state index in [1.807, 2.05) is 32.6 Å². The van der Waals surface area contributed by atoms with Gasteiger partial charge in [-0.25, -0.2) is 23.2 Å². The Morgan fingerprint density at radius 2 is 1.74 bits per heavy atom. The Morgan fingerprint density at radius 3 is 2.42 bits per heavy atom. The molecule has 0 aliphatic carbocycles. The van der Waals surface area contributed by atoms with Gasteiger partial charge in [-0.05, 0) is 76.9 Å². The smallest absolute Gasteiger partial charge is 0.338 e. The van der Waals surface area contributed by atoms with E-state index in [-0.39, 0.29) is 11.5 Å². The van der Waals surface area contributed by atoms with E-state index in [2.05, 4.69) is 5.10 Å². The number of benzene rings is 2. The molecule has 0 fully saturated rings. The standard InChI is InChI=1S/C31H35F2N7O3/c1-17-14-20(15-18(2)26(17)32)40-28(25-19(3)37(11-10-22(25)35-40)30(42)43-31(4,5)6)39-13-12-38(29(39)41)24-9-8-23-21(27(24)33)16-34-36(23)7/h8-9,12-16,19,30,42H,10-11H2,1-7H3/t19-,30?/m0/s1. The molecule has 2 aromatic carbocycles. The zero-order valence-electron chi connectivity index (χ0n) is 25.3. The Labute approximate surface area is 247 Å². The number of ether oxygens (including phenoxy) is 1. The largest absolute Gasteiger partial charge is 0.356 e. The van der Waals surface area contributed by atoms with Gasteiger partial charge in [0.15, 0.2) is 5.82 Å². The minimum atomic E-state index is -1.20. The summed E-state index contributed by atoms with van der Waals surface area (Å²) in [6.07, 6.45) is 3.79. The summed E-state index contributed by atoms with van der Waals surface area (Å²) in [5.41, 5.74) is 2.49. The molecule has 3 aromatic heterocycles. The first-order valence-electron chi connectivity index (χ1n) is 14.2. The number of hydrogen-bond acceptors (Lipinski definition) is 6. The van der Waals surface area contributed by atoms with Crippen molar-refractivity contribution in [2.24, 2.45) is 7.05 Å². The maximum Gasteiger partial charge on any atom is 0.338 e. The van der Waals surface area contributed by atoms with E-state index in [4.69, 9.17) is 9.84 Å². The number of aryl methyl sites for hydroxylation is 3. The Hall–Kier alpha value is -4.13. The lowest BCUT2D eigenvalue weighted by Gasteiger charge is -2.38. The van der Waals surface area contributed by atoms with Crippen molar-refractivity contribution >= 4 is 10.9 Å². The van der Waals surface area contributed by atoms with Crippen molar-refractivity contribution in [3.8, 4) is 17.2 Å². The number of aliphatic hydroxyl groups excluding tert-OH is 1. The Kier molecular flexibility index (Phi) is 6.90. The van der Waals surface area contributed by atoms with Crippen LogP contribution in [0.25, 0.3) is 28.1 Å². The van der Waals surface area contributed by atoms with Crippen molar-refractivity contribution in [3.05, 3.63) is 87.4 Å². The second kappa shape index (κ2) is 10.2. The van der Waals surface area contributed by atoms with Gasteiger partial charge in [0.1, 0.15) is 11.6 Å². The second-order valence-corrected chi connectivity index (χ2v) is 12.1. The fourth-order valence-electron chi connectivity index (χ4n) is 5.91. The van der Waals surface area contributed by atoms with Crippen LogP contribution < -0.4 is 5.69 Å². The molecule has 4 heterocycles. The molecule has 5 aromatic rings. The maximum atomic E-state index is 15.7. The molecule has 1 aliphatic rings. The summed E-state index contributed by atoms with van der Waals surface area (Å²) >= 11 is 0. The van der Waals surface area contributed by atoms with Gasteiger partial charge in [0.25, 0.3) is 0 Å². The van der Waals surface area contributed by atoms with Gasteiger partial charge in [0, 0.05) is 44.0 Å². The monoisotopic (exact) mass is 591 g/mol. The number of aliphatic hydroxyl groups is 1. The molecule has 1 unspecified atom stereocenters. The lowest BCUT2D eigenvalue weighted by molar-refractivity contribution is -0.249. The van der Waals surface area contributed by atoms with Gasteiger partial charge in [-0.3, -0.25) is 13.8 Å². The fourth-order valence-corrected chi connectivity index (χ4v) is 5.91. The lowest BCUT2D eigenvalue weighted by atomic mass is 9.99. The second-order valence-electron chi connectivity index (χ2n) is 12.1. The molecular weight excluding hydrogens is 556 g/mol. The molecule has 226 valence electrons. The third kappa shape index (κ3) is 4.79. The van der Waals surface area contributed by atoms with E-state index in [1.165, 1.54) is 21.5 Å². The van der Waals surface area contributed by atoms with Gasteiger partial charge in [-0.15, -0.1) is 0 Å². The number of hydrogen-bond donors (Lipinski definition) is 1. The van der Waals surface area contributed by atoms with Crippen LogP contribution in [0.2, 0.25) is 0 Å². The minimum Gasteiger partial charge on any atom is -0.356 e. The molecule has 10 nitrogen and oxygen atoms in total. The summed E-state index contributed by atoms with van der Waals surface area (Å²) in [5.74, 6) is -0.450. The number of fused-ring (bicyclic) bond motifs is 2. The highest BCUT2D eigenvalue weighted by Crippen LogP contribution is 2.37. The first-order valence-corrected chi connectivity index (χ1v) is 14.2. The van der Waals surface area contributed by atoms with Crippen LogP contribution in [0.5, 0.6) is 0 Å². The van der Waals surface area contributed by atoms with E-state index < -0.39 is 29.6 Å². The molecule has 0 spiro atoms. The molecule has 0 saturated heterocycles. The predicted molar refractivity (Wildman–Crippen MR) is 158 cm³/mol. The molecule has 2 atom stereocenters. The normalized spacial score (nSPS) is 16.7. The average Bonchev–Trinajstić information content (AvgIpc) is 3.62. The summed E-state index contributed by atoms with van der Waals surface area (Å²) < 4.78 is 42.0. The van der Waals surface area contributed by atoms with Crippen LogP contribution in [0.3, 0.4) is 0 Å². The van der Waals surface area contributed by atoms with Crippen molar-refractivity contribution < 1.29 is 18.6 Å². The number of imidazole rings is 1. The third-order valence-electron chi connectivity index (χ3n) is 8.01. The number of rotatable bonds is 5. The van der Waals surface area contributed by atoms with Gasteiger partial charge in [0.2, 0.25) is 6.41 Å². The van der Waals surface area contributed by atoms with Crippen LogP contribution in [0, 0.1) is 25.5 Å². The van der Waals surface area contributed by atoms with Crippen molar-refractivity contribution in [1.82, 2.24) is 33.6 Å².